The summed E-state index contributed by atoms with van der Waals surface area (Å²) in [7, 11) is -2.80. The van der Waals surface area contributed by atoms with Crippen LogP contribution in [0.15, 0.2) is 60.4 Å². The van der Waals surface area contributed by atoms with Crippen LogP contribution in [0, 0.1) is 0 Å². The van der Waals surface area contributed by atoms with Crippen LogP contribution in [0.1, 0.15) is 108 Å². The third kappa shape index (κ3) is 4.62. The van der Waals surface area contributed by atoms with Gasteiger partial charge in [0, 0.05) is 22.8 Å². The maximum Gasteiger partial charge on any atom is 0.371 e. The van der Waals surface area contributed by atoms with Gasteiger partial charge in [-0.05, 0) is 65.5 Å². The van der Waals surface area contributed by atoms with Crippen molar-refractivity contribution in [1.82, 2.24) is 0 Å². The molecular formula is C30H43ClN2Si. The molecule has 4 heteroatoms. The van der Waals surface area contributed by atoms with Gasteiger partial charge in [-0.2, -0.15) is 0 Å². The fourth-order valence-corrected chi connectivity index (χ4v) is 9.38. The van der Waals surface area contributed by atoms with E-state index in [1.807, 2.05) is 0 Å². The molecule has 3 rings (SSSR count). The molecule has 1 heterocycles. The van der Waals surface area contributed by atoms with E-state index < -0.39 is 7.71 Å². The smallest absolute Gasteiger partial charge is 0.342 e. The second-order valence-electron chi connectivity index (χ2n) is 11.0. The van der Waals surface area contributed by atoms with Gasteiger partial charge < -0.3 is 9.13 Å². The molecule has 0 spiro atoms. The second-order valence-corrected chi connectivity index (χ2v) is 15.9. The summed E-state index contributed by atoms with van der Waals surface area (Å²) in [6.07, 6.45) is 2.22. The van der Waals surface area contributed by atoms with Crippen LogP contribution in [-0.4, -0.2) is 7.71 Å². The minimum absolute atomic E-state index is 0.387. The number of hydrogen-bond acceptors (Lipinski definition) is 2. The molecule has 2 aromatic carbocycles. The number of halogens is 1. The monoisotopic (exact) mass is 494 g/mol. The fraction of sp³-hybridized carbons (Fsp3) is 0.467. The first-order valence-electron chi connectivity index (χ1n) is 12.7. The van der Waals surface area contributed by atoms with Crippen molar-refractivity contribution in [1.29, 1.82) is 0 Å². The van der Waals surface area contributed by atoms with Crippen molar-refractivity contribution in [3.63, 3.8) is 0 Å². The van der Waals surface area contributed by atoms with Gasteiger partial charge in [0.25, 0.3) is 0 Å². The number of hydrogen-bond donors (Lipinski definition) is 0. The molecule has 0 fully saturated rings. The zero-order valence-electron chi connectivity index (χ0n) is 22.8. The van der Waals surface area contributed by atoms with E-state index in [1.165, 1.54) is 39.3 Å². The molecule has 0 N–H and O–H groups in total. The SMILES string of the molecule is C=C1C=C(C)N(c2c(C(C)C)cccc2C(C)C)[Si](C)(Cl)N1c1c(C(C)C)cccc1C(C)C. The molecule has 1 aliphatic heterocycles. The van der Waals surface area contributed by atoms with Gasteiger partial charge in [-0.15, -0.1) is 11.1 Å². The average molecular weight is 495 g/mol. The van der Waals surface area contributed by atoms with Gasteiger partial charge in [0.15, 0.2) is 0 Å². The fourth-order valence-electron chi connectivity index (χ4n) is 5.32. The van der Waals surface area contributed by atoms with Gasteiger partial charge in [-0.3, -0.25) is 0 Å². The molecule has 0 radical (unpaired) electrons. The predicted octanol–water partition coefficient (Wildman–Crippen LogP) is 9.73. The molecule has 0 amide bonds. The average Bonchev–Trinajstić information content (AvgIpc) is 2.72. The van der Waals surface area contributed by atoms with Gasteiger partial charge in [-0.25, -0.2) is 0 Å². The number of anilines is 2. The number of allylic oxidation sites excluding steroid dienone is 2. The molecule has 34 heavy (non-hydrogen) atoms. The summed E-state index contributed by atoms with van der Waals surface area (Å²) in [5.41, 5.74) is 10.1. The van der Waals surface area contributed by atoms with Crippen molar-refractivity contribution in [2.75, 3.05) is 9.13 Å². The molecule has 184 valence electrons. The summed E-state index contributed by atoms with van der Waals surface area (Å²) >= 11 is 7.86. The first kappa shape index (κ1) is 26.6. The minimum Gasteiger partial charge on any atom is -0.342 e. The molecule has 0 aliphatic carbocycles. The second kappa shape index (κ2) is 9.95. The maximum absolute atomic E-state index is 7.86. The van der Waals surface area contributed by atoms with Crippen LogP contribution < -0.4 is 9.13 Å². The highest BCUT2D eigenvalue weighted by Crippen LogP contribution is 2.48. The Morgan fingerprint density at radius 2 is 1.00 bits per heavy atom. The first-order chi connectivity index (χ1) is 15.8. The number of rotatable bonds is 6. The zero-order valence-corrected chi connectivity index (χ0v) is 24.6. The van der Waals surface area contributed by atoms with Crippen LogP contribution in [-0.2, 0) is 0 Å². The van der Waals surface area contributed by atoms with E-state index in [4.69, 9.17) is 11.1 Å². The molecule has 0 saturated carbocycles. The quantitative estimate of drug-likeness (QED) is 0.291. The van der Waals surface area contributed by atoms with E-state index in [0.717, 1.165) is 5.70 Å². The Morgan fingerprint density at radius 1 is 0.676 bits per heavy atom. The lowest BCUT2D eigenvalue weighted by Gasteiger charge is -2.51. The van der Waals surface area contributed by atoms with E-state index in [1.54, 1.807) is 0 Å². The highest BCUT2D eigenvalue weighted by atomic mass is 35.6. The lowest BCUT2D eigenvalue weighted by molar-refractivity contribution is 0.822. The number of benzene rings is 2. The normalized spacial score (nSPS) is 19.1. The molecule has 1 aliphatic rings. The van der Waals surface area contributed by atoms with Crippen molar-refractivity contribution < 1.29 is 0 Å². The van der Waals surface area contributed by atoms with Crippen LogP contribution in [0.2, 0.25) is 6.55 Å². The third-order valence-electron chi connectivity index (χ3n) is 6.96. The Balaban J connectivity index is 2.38. The number of nitrogens with zero attached hydrogens (tertiary/aromatic N) is 2. The van der Waals surface area contributed by atoms with Crippen molar-refractivity contribution in [3.8, 4) is 0 Å². The highest BCUT2D eigenvalue weighted by Gasteiger charge is 2.48. The van der Waals surface area contributed by atoms with Crippen LogP contribution in [0.5, 0.6) is 0 Å². The molecule has 1 atom stereocenters. The Kier molecular flexibility index (Phi) is 7.79. The summed E-state index contributed by atoms with van der Waals surface area (Å²) in [6, 6.07) is 13.5. The van der Waals surface area contributed by atoms with Crippen molar-refractivity contribution in [2.24, 2.45) is 0 Å². The standard InChI is InChI=1S/C30H43ClN2Si/c1-19(2)25-14-12-15-26(20(3)4)29(25)32-23(9)18-24(10)33(34(32,11)31)30-27(21(5)6)16-13-17-28(30)22(7)8/h12-22H,9H2,1-8,10-11H3. The maximum atomic E-state index is 7.86. The van der Waals surface area contributed by atoms with Gasteiger partial charge in [0.2, 0.25) is 0 Å². The summed E-state index contributed by atoms with van der Waals surface area (Å²) in [4.78, 5) is 0. The Hall–Kier alpha value is -1.97. The highest BCUT2D eigenvalue weighted by molar-refractivity contribution is 7.24. The minimum atomic E-state index is -2.80. The summed E-state index contributed by atoms with van der Waals surface area (Å²) < 4.78 is 4.89. The molecule has 1 unspecified atom stereocenters. The zero-order chi connectivity index (χ0) is 25.5. The van der Waals surface area contributed by atoms with Gasteiger partial charge >= 0.3 is 7.71 Å². The van der Waals surface area contributed by atoms with Gasteiger partial charge in [0.05, 0.1) is 0 Å². The van der Waals surface area contributed by atoms with Crippen LogP contribution in [0.3, 0.4) is 0 Å². The van der Waals surface area contributed by atoms with E-state index >= 15 is 0 Å². The van der Waals surface area contributed by atoms with E-state index in [-0.39, 0.29) is 0 Å². The van der Waals surface area contributed by atoms with Gasteiger partial charge in [0.1, 0.15) is 0 Å². The Bertz CT molecular complexity index is 1040. The van der Waals surface area contributed by atoms with E-state index in [2.05, 4.69) is 127 Å². The lowest BCUT2D eigenvalue weighted by Crippen LogP contribution is -2.62. The Labute approximate surface area is 214 Å². The third-order valence-corrected chi connectivity index (χ3v) is 10.7. The van der Waals surface area contributed by atoms with Crippen LogP contribution in [0.4, 0.5) is 11.4 Å². The summed E-state index contributed by atoms with van der Waals surface area (Å²) in [5, 5.41) is 0. The van der Waals surface area contributed by atoms with Crippen molar-refractivity contribution >= 4 is 30.2 Å². The molecule has 0 aromatic heterocycles. The molecule has 0 saturated heterocycles. The van der Waals surface area contributed by atoms with Gasteiger partial charge in [-0.1, -0.05) is 98.4 Å². The number of para-hydroxylation sites is 2. The largest absolute Gasteiger partial charge is 0.371 e. The molecule has 0 bridgehead atoms. The topological polar surface area (TPSA) is 6.48 Å². The summed E-state index contributed by atoms with van der Waals surface area (Å²) in [6.45, 7) is 27.2. The van der Waals surface area contributed by atoms with Crippen LogP contribution in [0.25, 0.3) is 0 Å². The van der Waals surface area contributed by atoms with E-state index in [9.17, 15) is 0 Å². The molecular weight excluding hydrogens is 452 g/mol. The van der Waals surface area contributed by atoms with E-state index in [0.29, 0.717) is 23.7 Å². The molecule has 2 aromatic rings. The lowest BCUT2D eigenvalue weighted by atomic mass is 9.92. The van der Waals surface area contributed by atoms with Crippen molar-refractivity contribution in [3.05, 3.63) is 82.7 Å². The predicted molar refractivity (Wildman–Crippen MR) is 155 cm³/mol. The summed E-state index contributed by atoms with van der Waals surface area (Å²) in [5.74, 6) is 1.57. The first-order valence-corrected chi connectivity index (χ1v) is 16.1. The van der Waals surface area contributed by atoms with Crippen LogP contribution >= 0.6 is 11.1 Å². The Morgan fingerprint density at radius 3 is 1.32 bits per heavy atom. The van der Waals surface area contributed by atoms with Crippen molar-refractivity contribution in [2.45, 2.75) is 92.5 Å². The molecule has 2 nitrogen and oxygen atoms in total.